The van der Waals surface area contributed by atoms with Gasteiger partial charge < -0.3 is 0 Å². The van der Waals surface area contributed by atoms with Crippen LogP contribution in [0.3, 0.4) is 0 Å². The molecule has 6 heteroatoms. The van der Waals surface area contributed by atoms with Gasteiger partial charge >= 0.3 is 5.51 Å². The number of hydrogen-bond acceptors (Lipinski definition) is 1. The molecule has 0 aliphatic rings. The van der Waals surface area contributed by atoms with Gasteiger partial charge in [0.15, 0.2) is 0 Å². The summed E-state index contributed by atoms with van der Waals surface area (Å²) in [6.07, 6.45) is 0. The zero-order chi connectivity index (χ0) is 10.9. The van der Waals surface area contributed by atoms with Gasteiger partial charge in [-0.15, -0.1) is 0 Å². The number of benzene rings is 1. The van der Waals surface area contributed by atoms with Crippen molar-refractivity contribution in [2.75, 3.05) is 0 Å². The minimum absolute atomic E-state index is 0.123. The highest BCUT2D eigenvalue weighted by Crippen LogP contribution is 2.39. The molecule has 0 unspecified atom stereocenters. The lowest BCUT2D eigenvalue weighted by Crippen LogP contribution is -2.00. The molecular formula is C8H5ClF4S. The second-order valence-corrected chi connectivity index (χ2v) is 4.09. The highest BCUT2D eigenvalue weighted by atomic mass is 35.5. The summed E-state index contributed by atoms with van der Waals surface area (Å²) in [4.78, 5) is -0.506. The highest BCUT2D eigenvalue weighted by Gasteiger charge is 2.30. The van der Waals surface area contributed by atoms with E-state index in [0.29, 0.717) is 5.56 Å². The van der Waals surface area contributed by atoms with Crippen molar-refractivity contribution in [1.82, 2.24) is 0 Å². The Labute approximate surface area is 87.2 Å². The first-order valence-electron chi connectivity index (χ1n) is 3.51. The van der Waals surface area contributed by atoms with Gasteiger partial charge in [-0.05, 0) is 36.4 Å². The molecule has 0 saturated heterocycles. The summed E-state index contributed by atoms with van der Waals surface area (Å²) in [6.45, 7) is 1.52. The Bertz CT molecular complexity index is 348. The van der Waals surface area contributed by atoms with Gasteiger partial charge in [0.05, 0.1) is 4.90 Å². The van der Waals surface area contributed by atoms with Crippen LogP contribution in [0, 0.1) is 12.7 Å². The van der Waals surface area contributed by atoms with Crippen LogP contribution in [-0.2, 0) is 0 Å². The third-order valence-electron chi connectivity index (χ3n) is 1.44. The minimum Gasteiger partial charge on any atom is -0.206 e. The molecule has 78 valence electrons. The first kappa shape index (κ1) is 11.7. The fraction of sp³-hybridized carbons (Fsp3) is 0.250. The van der Waals surface area contributed by atoms with Gasteiger partial charge in [-0.25, -0.2) is 4.39 Å². The van der Waals surface area contributed by atoms with Crippen LogP contribution in [0.2, 0.25) is 5.02 Å². The Morgan fingerprint density at radius 2 is 1.86 bits per heavy atom. The predicted molar refractivity (Wildman–Crippen MR) is 48.1 cm³/mol. The summed E-state index contributed by atoms with van der Waals surface area (Å²) in [5, 5.41) is 0.123. The van der Waals surface area contributed by atoms with E-state index in [9.17, 15) is 17.6 Å². The fourth-order valence-corrected chi connectivity index (χ4v) is 1.64. The van der Waals surface area contributed by atoms with Crippen LogP contribution in [-0.4, -0.2) is 5.51 Å². The van der Waals surface area contributed by atoms with Crippen LogP contribution < -0.4 is 0 Å². The molecule has 0 amide bonds. The molecule has 1 aromatic rings. The van der Waals surface area contributed by atoms with Gasteiger partial charge in [-0.3, -0.25) is 0 Å². The first-order chi connectivity index (χ1) is 6.29. The van der Waals surface area contributed by atoms with Crippen molar-refractivity contribution in [2.24, 2.45) is 0 Å². The molecule has 0 spiro atoms. The van der Waals surface area contributed by atoms with E-state index in [0.717, 1.165) is 12.1 Å². The smallest absolute Gasteiger partial charge is 0.206 e. The molecular weight excluding hydrogens is 240 g/mol. The summed E-state index contributed by atoms with van der Waals surface area (Å²) >= 11 is 5.06. The molecule has 0 radical (unpaired) electrons. The quantitative estimate of drug-likeness (QED) is 0.521. The SMILES string of the molecule is Cc1cc(F)c(SC(F)(F)F)cc1Cl. The highest BCUT2D eigenvalue weighted by molar-refractivity contribution is 8.00. The number of thioether (sulfide) groups is 1. The molecule has 0 aliphatic heterocycles. The van der Waals surface area contributed by atoms with E-state index in [1.54, 1.807) is 0 Å². The molecule has 14 heavy (non-hydrogen) atoms. The van der Waals surface area contributed by atoms with E-state index >= 15 is 0 Å². The van der Waals surface area contributed by atoms with Crippen molar-refractivity contribution in [3.63, 3.8) is 0 Å². The van der Waals surface area contributed by atoms with Crippen LogP contribution in [0.5, 0.6) is 0 Å². The number of alkyl halides is 3. The van der Waals surface area contributed by atoms with Crippen molar-refractivity contribution in [3.8, 4) is 0 Å². The zero-order valence-electron chi connectivity index (χ0n) is 6.95. The lowest BCUT2D eigenvalue weighted by Gasteiger charge is -2.08. The van der Waals surface area contributed by atoms with Gasteiger partial charge in [-0.2, -0.15) is 13.2 Å². The van der Waals surface area contributed by atoms with Crippen LogP contribution in [0.25, 0.3) is 0 Å². The lowest BCUT2D eigenvalue weighted by molar-refractivity contribution is -0.0329. The summed E-state index contributed by atoms with van der Waals surface area (Å²) < 4.78 is 48.7. The Balaban J connectivity index is 3.04. The number of hydrogen-bond donors (Lipinski definition) is 0. The zero-order valence-corrected chi connectivity index (χ0v) is 8.53. The minimum atomic E-state index is -4.50. The van der Waals surface area contributed by atoms with Crippen molar-refractivity contribution < 1.29 is 17.6 Å². The second kappa shape index (κ2) is 3.98. The fourth-order valence-electron chi connectivity index (χ4n) is 0.831. The summed E-state index contributed by atoms with van der Waals surface area (Å²) in [6, 6.07) is 1.96. The molecule has 0 saturated carbocycles. The van der Waals surface area contributed by atoms with E-state index < -0.39 is 28.0 Å². The van der Waals surface area contributed by atoms with Gasteiger partial charge in [0.1, 0.15) is 5.82 Å². The second-order valence-electron chi connectivity index (χ2n) is 2.58. The van der Waals surface area contributed by atoms with E-state index in [4.69, 9.17) is 11.6 Å². The van der Waals surface area contributed by atoms with Crippen molar-refractivity contribution in [3.05, 3.63) is 28.5 Å². The molecule has 0 aromatic heterocycles. The van der Waals surface area contributed by atoms with Gasteiger partial charge in [0.2, 0.25) is 0 Å². The maximum atomic E-state index is 13.0. The van der Waals surface area contributed by atoms with Gasteiger partial charge in [0, 0.05) is 5.02 Å². The Kier molecular flexibility index (Phi) is 3.32. The van der Waals surface area contributed by atoms with Gasteiger partial charge in [0.25, 0.3) is 0 Å². The van der Waals surface area contributed by atoms with Crippen molar-refractivity contribution in [1.29, 1.82) is 0 Å². The van der Waals surface area contributed by atoms with Crippen LogP contribution >= 0.6 is 23.4 Å². The monoisotopic (exact) mass is 244 g/mol. The molecule has 0 fully saturated rings. The molecule has 0 N–H and O–H groups in total. The molecule has 0 aliphatic carbocycles. The summed E-state index contributed by atoms with van der Waals surface area (Å²) in [5.41, 5.74) is -4.09. The summed E-state index contributed by atoms with van der Waals surface area (Å²) in [5.74, 6) is -0.908. The molecule has 0 heterocycles. The van der Waals surface area contributed by atoms with E-state index in [2.05, 4.69) is 0 Å². The maximum Gasteiger partial charge on any atom is 0.446 e. The van der Waals surface area contributed by atoms with Crippen molar-refractivity contribution in [2.45, 2.75) is 17.3 Å². The lowest BCUT2D eigenvalue weighted by atomic mass is 10.2. The average Bonchev–Trinajstić information content (AvgIpc) is 1.97. The molecule has 0 bridgehead atoms. The largest absolute Gasteiger partial charge is 0.446 e. The van der Waals surface area contributed by atoms with Crippen LogP contribution in [0.15, 0.2) is 17.0 Å². The van der Waals surface area contributed by atoms with E-state index in [1.165, 1.54) is 6.92 Å². The number of aryl methyl sites for hydroxylation is 1. The van der Waals surface area contributed by atoms with Crippen molar-refractivity contribution >= 4 is 23.4 Å². The molecule has 1 rings (SSSR count). The molecule has 0 nitrogen and oxygen atoms in total. The standard InChI is InChI=1S/C8H5ClF4S/c1-4-2-6(10)7(3-5(4)9)14-8(11,12)13/h2-3H,1H3. The van der Waals surface area contributed by atoms with Crippen LogP contribution in [0.4, 0.5) is 17.6 Å². The third kappa shape index (κ3) is 3.06. The third-order valence-corrected chi connectivity index (χ3v) is 2.61. The maximum absolute atomic E-state index is 13.0. The Hall–Kier alpha value is -0.420. The van der Waals surface area contributed by atoms with E-state index in [1.807, 2.05) is 0 Å². The number of rotatable bonds is 1. The Morgan fingerprint density at radius 1 is 1.29 bits per heavy atom. The summed E-state index contributed by atoms with van der Waals surface area (Å²) in [7, 11) is 0. The topological polar surface area (TPSA) is 0 Å². The van der Waals surface area contributed by atoms with Gasteiger partial charge in [-0.1, -0.05) is 11.6 Å². The first-order valence-corrected chi connectivity index (χ1v) is 4.70. The molecule has 0 atom stereocenters. The Morgan fingerprint density at radius 3 is 2.36 bits per heavy atom. The average molecular weight is 245 g/mol. The molecule has 1 aromatic carbocycles. The number of halogens is 5. The van der Waals surface area contributed by atoms with E-state index in [-0.39, 0.29) is 5.02 Å². The predicted octanol–water partition coefficient (Wildman–Crippen LogP) is 4.40. The van der Waals surface area contributed by atoms with Crippen LogP contribution in [0.1, 0.15) is 5.56 Å². The normalized spacial score (nSPS) is 11.9.